The fraction of sp³-hybridized carbons (Fsp3) is 0.400. The van der Waals surface area contributed by atoms with Crippen LogP contribution in [-0.4, -0.2) is 16.6 Å². The Morgan fingerprint density at radius 3 is 2.55 bits per heavy atom. The highest BCUT2D eigenvalue weighted by Crippen LogP contribution is 2.20. The molecule has 0 bridgehead atoms. The average molecular weight is 166 g/mol. The molecule has 1 heterocycles. The van der Waals surface area contributed by atoms with Gasteiger partial charge in [0.15, 0.2) is 0 Å². The summed E-state index contributed by atoms with van der Waals surface area (Å²) in [6.45, 7) is 1.58. The minimum atomic E-state index is -4.67. The molecule has 0 spiro atoms. The molecule has 0 amide bonds. The van der Waals surface area contributed by atoms with Crippen molar-refractivity contribution in [2.45, 2.75) is 13.3 Å². The van der Waals surface area contributed by atoms with Crippen molar-refractivity contribution in [1.82, 2.24) is 10.2 Å². The summed E-state index contributed by atoms with van der Waals surface area (Å²) in [5, 5.41) is 5.55. The molecule has 0 saturated carbocycles. The van der Waals surface area contributed by atoms with Crippen molar-refractivity contribution in [2.75, 3.05) is 0 Å². The van der Waals surface area contributed by atoms with Crippen LogP contribution < -0.4 is 4.74 Å². The summed E-state index contributed by atoms with van der Waals surface area (Å²) in [7, 11) is 0. The molecule has 1 N–H and O–H groups in total. The van der Waals surface area contributed by atoms with Crippen LogP contribution in [0.15, 0.2) is 6.07 Å². The van der Waals surface area contributed by atoms with E-state index in [9.17, 15) is 13.2 Å². The minimum absolute atomic E-state index is 0.463. The summed E-state index contributed by atoms with van der Waals surface area (Å²) in [6.07, 6.45) is -4.67. The molecule has 3 nitrogen and oxygen atoms in total. The molecule has 0 aliphatic heterocycles. The number of aromatic amines is 1. The molecule has 0 aromatic carbocycles. The molecule has 0 fully saturated rings. The molecule has 6 heteroatoms. The van der Waals surface area contributed by atoms with Crippen molar-refractivity contribution in [3.63, 3.8) is 0 Å². The molecule has 0 atom stereocenters. The van der Waals surface area contributed by atoms with E-state index in [1.165, 1.54) is 0 Å². The summed E-state index contributed by atoms with van der Waals surface area (Å²) >= 11 is 0. The number of nitrogens with zero attached hydrogens (tertiary/aromatic N) is 1. The molecule has 1 aromatic heterocycles. The smallest absolute Gasteiger partial charge is 0.386 e. The number of alkyl halides is 3. The Kier molecular flexibility index (Phi) is 1.76. The fourth-order valence-electron chi connectivity index (χ4n) is 0.564. The maximum absolute atomic E-state index is 11.5. The zero-order valence-corrected chi connectivity index (χ0v) is 5.57. The van der Waals surface area contributed by atoms with E-state index in [2.05, 4.69) is 14.9 Å². The lowest BCUT2D eigenvalue weighted by Gasteiger charge is -2.03. The van der Waals surface area contributed by atoms with Crippen molar-refractivity contribution in [3.8, 4) is 5.88 Å². The second kappa shape index (κ2) is 2.44. The van der Waals surface area contributed by atoms with Crippen LogP contribution in [0.25, 0.3) is 0 Å². The fourth-order valence-corrected chi connectivity index (χ4v) is 0.564. The Morgan fingerprint density at radius 1 is 1.55 bits per heavy atom. The molecule has 0 saturated heterocycles. The number of ether oxygens (including phenoxy) is 1. The van der Waals surface area contributed by atoms with Crippen LogP contribution >= 0.6 is 0 Å². The predicted octanol–water partition coefficient (Wildman–Crippen LogP) is 1.62. The zero-order chi connectivity index (χ0) is 8.48. The summed E-state index contributed by atoms with van der Waals surface area (Å²) in [5.74, 6) is -0.463. The summed E-state index contributed by atoms with van der Waals surface area (Å²) in [4.78, 5) is 0. The van der Waals surface area contributed by atoms with Crippen molar-refractivity contribution in [1.29, 1.82) is 0 Å². The standard InChI is InChI=1S/C5H5F3N2O/c1-3-2-4(10-9-3)11-5(6,7)8/h2H,1H3,(H,9,10). The predicted molar refractivity (Wildman–Crippen MR) is 30.0 cm³/mol. The first-order valence-electron chi connectivity index (χ1n) is 2.75. The van der Waals surface area contributed by atoms with E-state index in [1.54, 1.807) is 6.92 Å². The molecule has 0 radical (unpaired) electrons. The molecule has 1 aromatic rings. The lowest BCUT2D eigenvalue weighted by atomic mass is 10.5. The van der Waals surface area contributed by atoms with Gasteiger partial charge in [0.05, 0.1) is 0 Å². The van der Waals surface area contributed by atoms with Crippen LogP contribution in [0.2, 0.25) is 0 Å². The molecule has 62 valence electrons. The maximum atomic E-state index is 11.5. The summed E-state index contributed by atoms with van der Waals surface area (Å²) in [6, 6.07) is 1.16. The van der Waals surface area contributed by atoms with Gasteiger partial charge in [0.1, 0.15) is 0 Å². The highest BCUT2D eigenvalue weighted by atomic mass is 19.4. The van der Waals surface area contributed by atoms with E-state index < -0.39 is 12.2 Å². The van der Waals surface area contributed by atoms with Gasteiger partial charge in [-0.1, -0.05) is 0 Å². The summed E-state index contributed by atoms with van der Waals surface area (Å²) < 4.78 is 37.9. The second-order valence-electron chi connectivity index (χ2n) is 1.94. The number of hydrogen-bond donors (Lipinski definition) is 1. The Hall–Kier alpha value is -1.20. The highest BCUT2D eigenvalue weighted by molar-refractivity contribution is 5.12. The van der Waals surface area contributed by atoms with E-state index in [1.807, 2.05) is 0 Å². The molecular weight excluding hydrogens is 161 g/mol. The topological polar surface area (TPSA) is 37.9 Å². The van der Waals surface area contributed by atoms with Gasteiger partial charge in [0.2, 0.25) is 5.88 Å². The number of aryl methyl sites for hydroxylation is 1. The molecule has 11 heavy (non-hydrogen) atoms. The number of H-pyrrole nitrogens is 1. The number of halogens is 3. The van der Waals surface area contributed by atoms with E-state index in [-0.39, 0.29) is 0 Å². The van der Waals surface area contributed by atoms with Crippen molar-refractivity contribution >= 4 is 0 Å². The number of nitrogens with one attached hydrogen (secondary N) is 1. The van der Waals surface area contributed by atoms with Gasteiger partial charge in [-0.3, -0.25) is 5.10 Å². The van der Waals surface area contributed by atoms with E-state index in [4.69, 9.17) is 0 Å². The largest absolute Gasteiger partial charge is 0.574 e. The molecule has 1 rings (SSSR count). The summed E-state index contributed by atoms with van der Waals surface area (Å²) in [5.41, 5.74) is 0.518. The van der Waals surface area contributed by atoms with Crippen LogP contribution in [0.1, 0.15) is 5.69 Å². The van der Waals surface area contributed by atoms with E-state index in [0.717, 1.165) is 6.07 Å². The van der Waals surface area contributed by atoms with Gasteiger partial charge in [0.25, 0.3) is 0 Å². The quantitative estimate of drug-likeness (QED) is 0.688. The van der Waals surface area contributed by atoms with Crippen LogP contribution in [0.3, 0.4) is 0 Å². The first kappa shape index (κ1) is 7.90. The third kappa shape index (κ3) is 2.48. The zero-order valence-electron chi connectivity index (χ0n) is 5.57. The van der Waals surface area contributed by atoms with E-state index >= 15 is 0 Å². The highest BCUT2D eigenvalue weighted by Gasteiger charge is 2.32. The Labute approximate surface area is 60.2 Å². The van der Waals surface area contributed by atoms with Gasteiger partial charge >= 0.3 is 6.36 Å². The van der Waals surface area contributed by atoms with Gasteiger partial charge < -0.3 is 4.74 Å². The SMILES string of the molecule is Cc1cc(OC(F)(F)F)n[nH]1. The third-order valence-electron chi connectivity index (χ3n) is 0.903. The monoisotopic (exact) mass is 166 g/mol. The lowest BCUT2D eigenvalue weighted by molar-refractivity contribution is -0.276. The molecule has 0 unspecified atom stereocenters. The molecular formula is C5H5F3N2O. The number of hydrogen-bond acceptors (Lipinski definition) is 2. The van der Waals surface area contributed by atoms with Gasteiger partial charge in [0, 0.05) is 11.8 Å². The number of aromatic nitrogens is 2. The van der Waals surface area contributed by atoms with Crippen LogP contribution in [0.5, 0.6) is 5.88 Å². The number of rotatable bonds is 1. The van der Waals surface area contributed by atoms with Crippen molar-refractivity contribution in [3.05, 3.63) is 11.8 Å². The van der Waals surface area contributed by atoms with Crippen LogP contribution in [0, 0.1) is 6.92 Å². The van der Waals surface area contributed by atoms with Gasteiger partial charge in [-0.25, -0.2) is 0 Å². The van der Waals surface area contributed by atoms with Gasteiger partial charge in [-0.15, -0.1) is 18.3 Å². The van der Waals surface area contributed by atoms with Crippen molar-refractivity contribution < 1.29 is 17.9 Å². The average Bonchev–Trinajstić information content (AvgIpc) is 2.10. The van der Waals surface area contributed by atoms with Crippen LogP contribution in [0.4, 0.5) is 13.2 Å². The lowest BCUT2D eigenvalue weighted by Crippen LogP contribution is -2.17. The maximum Gasteiger partial charge on any atom is 0.574 e. The van der Waals surface area contributed by atoms with E-state index in [0.29, 0.717) is 5.69 Å². The normalized spacial score (nSPS) is 11.6. The minimum Gasteiger partial charge on any atom is -0.386 e. The van der Waals surface area contributed by atoms with Crippen LogP contribution in [-0.2, 0) is 0 Å². The van der Waals surface area contributed by atoms with Gasteiger partial charge in [-0.05, 0) is 6.92 Å². The molecule has 0 aliphatic carbocycles. The Bertz CT molecular complexity index is 242. The second-order valence-corrected chi connectivity index (χ2v) is 1.94. The first-order chi connectivity index (χ1) is 4.97. The Morgan fingerprint density at radius 2 is 2.18 bits per heavy atom. The first-order valence-corrected chi connectivity index (χ1v) is 2.75. The third-order valence-corrected chi connectivity index (χ3v) is 0.903. The molecule has 0 aliphatic rings. The Balaban J connectivity index is 2.65. The van der Waals surface area contributed by atoms with Gasteiger partial charge in [-0.2, -0.15) is 0 Å². The van der Waals surface area contributed by atoms with Crippen molar-refractivity contribution in [2.24, 2.45) is 0 Å².